The average molecular weight is 288 g/mol. The number of nitrogens with zero attached hydrogens (tertiary/aromatic N) is 1. The van der Waals surface area contributed by atoms with Crippen LogP contribution in [0.25, 0.3) is 0 Å². The van der Waals surface area contributed by atoms with Gasteiger partial charge in [-0.25, -0.2) is 9.37 Å². The smallest absolute Gasteiger partial charge is 0.223 e. The van der Waals surface area contributed by atoms with Gasteiger partial charge in [-0.15, -0.1) is 0 Å². The van der Waals surface area contributed by atoms with Crippen molar-refractivity contribution in [3.8, 4) is 11.6 Å². The van der Waals surface area contributed by atoms with Crippen molar-refractivity contribution in [2.24, 2.45) is 0 Å². The highest BCUT2D eigenvalue weighted by atomic mass is 19.1. The fourth-order valence-corrected chi connectivity index (χ4v) is 2.04. The van der Waals surface area contributed by atoms with Crippen molar-refractivity contribution >= 4 is 0 Å². The first kappa shape index (κ1) is 15.4. The molecule has 1 aromatic heterocycles. The standard InChI is InChI=1S/C17H21FN2O/c1-4-9-19-13(3)15-6-5-10-20-17(15)21-14-8-7-12(2)16(18)11-14/h5-8,10-11,13,19H,4,9H2,1-3H3. The van der Waals surface area contributed by atoms with Crippen LogP contribution in [-0.4, -0.2) is 11.5 Å². The van der Waals surface area contributed by atoms with Gasteiger partial charge in [0, 0.05) is 23.9 Å². The van der Waals surface area contributed by atoms with Crippen LogP contribution in [-0.2, 0) is 0 Å². The van der Waals surface area contributed by atoms with Gasteiger partial charge in [-0.3, -0.25) is 0 Å². The lowest BCUT2D eigenvalue weighted by atomic mass is 10.1. The number of aromatic nitrogens is 1. The largest absolute Gasteiger partial charge is 0.439 e. The van der Waals surface area contributed by atoms with Crippen molar-refractivity contribution in [2.75, 3.05) is 6.54 Å². The van der Waals surface area contributed by atoms with Gasteiger partial charge >= 0.3 is 0 Å². The average Bonchev–Trinajstić information content (AvgIpc) is 2.49. The second kappa shape index (κ2) is 7.18. The molecule has 0 bridgehead atoms. The Kier molecular flexibility index (Phi) is 5.28. The minimum Gasteiger partial charge on any atom is -0.439 e. The molecule has 0 saturated carbocycles. The van der Waals surface area contributed by atoms with Crippen LogP contribution in [0.2, 0.25) is 0 Å². The molecule has 0 radical (unpaired) electrons. The molecule has 0 saturated heterocycles. The zero-order valence-electron chi connectivity index (χ0n) is 12.7. The van der Waals surface area contributed by atoms with Crippen LogP contribution in [0.3, 0.4) is 0 Å². The van der Waals surface area contributed by atoms with Crippen LogP contribution in [0.1, 0.15) is 37.4 Å². The number of benzene rings is 1. The van der Waals surface area contributed by atoms with Crippen molar-refractivity contribution in [3.63, 3.8) is 0 Å². The van der Waals surface area contributed by atoms with Crippen molar-refractivity contribution in [1.82, 2.24) is 10.3 Å². The summed E-state index contributed by atoms with van der Waals surface area (Å²) in [6, 6.07) is 8.82. The monoisotopic (exact) mass is 288 g/mol. The Morgan fingerprint density at radius 3 is 2.86 bits per heavy atom. The second-order valence-corrected chi connectivity index (χ2v) is 5.09. The topological polar surface area (TPSA) is 34.2 Å². The number of pyridine rings is 1. The predicted molar refractivity (Wildman–Crippen MR) is 82.2 cm³/mol. The van der Waals surface area contributed by atoms with Crippen LogP contribution in [0.15, 0.2) is 36.5 Å². The highest BCUT2D eigenvalue weighted by molar-refractivity contribution is 5.35. The Morgan fingerprint density at radius 1 is 1.33 bits per heavy atom. The van der Waals surface area contributed by atoms with Gasteiger partial charge in [0.05, 0.1) is 0 Å². The fraction of sp³-hybridized carbons (Fsp3) is 0.353. The summed E-state index contributed by atoms with van der Waals surface area (Å²) in [5.74, 6) is 0.694. The van der Waals surface area contributed by atoms with Crippen LogP contribution in [0, 0.1) is 12.7 Å². The van der Waals surface area contributed by atoms with Gasteiger partial charge < -0.3 is 10.1 Å². The summed E-state index contributed by atoms with van der Waals surface area (Å²) in [7, 11) is 0. The van der Waals surface area contributed by atoms with Gasteiger partial charge in [-0.2, -0.15) is 0 Å². The number of nitrogens with one attached hydrogen (secondary N) is 1. The van der Waals surface area contributed by atoms with Gasteiger partial charge in [-0.05, 0) is 44.5 Å². The summed E-state index contributed by atoms with van der Waals surface area (Å²) in [4.78, 5) is 4.27. The molecule has 3 nitrogen and oxygen atoms in total. The van der Waals surface area contributed by atoms with Crippen LogP contribution < -0.4 is 10.1 Å². The zero-order chi connectivity index (χ0) is 15.2. The molecular formula is C17H21FN2O. The van der Waals surface area contributed by atoms with Gasteiger partial charge in [0.2, 0.25) is 5.88 Å². The second-order valence-electron chi connectivity index (χ2n) is 5.09. The molecule has 0 aliphatic carbocycles. The highest BCUT2D eigenvalue weighted by Gasteiger charge is 2.13. The third-order valence-corrected chi connectivity index (χ3v) is 3.33. The molecule has 1 aromatic carbocycles. The highest BCUT2D eigenvalue weighted by Crippen LogP contribution is 2.28. The third kappa shape index (κ3) is 4.02. The SMILES string of the molecule is CCCNC(C)c1cccnc1Oc1ccc(C)c(F)c1. The molecule has 112 valence electrons. The summed E-state index contributed by atoms with van der Waals surface area (Å²) in [6.07, 6.45) is 2.74. The van der Waals surface area contributed by atoms with E-state index in [1.807, 2.05) is 12.1 Å². The van der Waals surface area contributed by atoms with Crippen molar-refractivity contribution in [2.45, 2.75) is 33.2 Å². The molecule has 0 aliphatic heterocycles. The molecule has 0 amide bonds. The Hall–Kier alpha value is -1.94. The molecule has 21 heavy (non-hydrogen) atoms. The quantitative estimate of drug-likeness (QED) is 0.856. The van der Waals surface area contributed by atoms with Crippen LogP contribution >= 0.6 is 0 Å². The minimum absolute atomic E-state index is 0.129. The first-order chi connectivity index (χ1) is 10.1. The van der Waals surface area contributed by atoms with E-state index in [2.05, 4.69) is 24.1 Å². The number of hydrogen-bond acceptors (Lipinski definition) is 3. The van der Waals surface area contributed by atoms with Crippen molar-refractivity contribution in [3.05, 3.63) is 53.5 Å². The molecule has 0 fully saturated rings. The van der Waals surface area contributed by atoms with Gasteiger partial charge in [0.15, 0.2) is 0 Å². The van der Waals surface area contributed by atoms with Gasteiger partial charge in [-0.1, -0.05) is 19.1 Å². The van der Waals surface area contributed by atoms with E-state index in [9.17, 15) is 4.39 Å². The zero-order valence-corrected chi connectivity index (χ0v) is 12.7. The van der Waals surface area contributed by atoms with E-state index >= 15 is 0 Å². The molecule has 2 aromatic rings. The fourth-order valence-electron chi connectivity index (χ4n) is 2.04. The summed E-state index contributed by atoms with van der Waals surface area (Å²) in [5.41, 5.74) is 1.56. The van der Waals surface area contributed by atoms with Gasteiger partial charge in [0.1, 0.15) is 11.6 Å². The maximum absolute atomic E-state index is 13.6. The van der Waals surface area contributed by atoms with Crippen LogP contribution in [0.4, 0.5) is 4.39 Å². The summed E-state index contributed by atoms with van der Waals surface area (Å²) >= 11 is 0. The minimum atomic E-state index is -0.276. The predicted octanol–water partition coefficient (Wildman–Crippen LogP) is 4.38. The van der Waals surface area contributed by atoms with Crippen molar-refractivity contribution in [1.29, 1.82) is 0 Å². The Bertz CT molecular complexity index is 601. The number of ether oxygens (including phenoxy) is 1. The summed E-state index contributed by atoms with van der Waals surface area (Å²) in [5, 5.41) is 3.40. The Balaban J connectivity index is 2.21. The van der Waals surface area contributed by atoms with E-state index in [1.54, 1.807) is 25.3 Å². The lowest BCUT2D eigenvalue weighted by Gasteiger charge is -2.17. The lowest BCUT2D eigenvalue weighted by molar-refractivity contribution is 0.438. The molecule has 1 N–H and O–H groups in total. The Labute approximate surface area is 125 Å². The molecule has 1 heterocycles. The summed E-state index contributed by atoms with van der Waals surface area (Å²) in [6.45, 7) is 6.83. The lowest BCUT2D eigenvalue weighted by Crippen LogP contribution is -2.20. The Morgan fingerprint density at radius 2 is 2.14 bits per heavy atom. The molecule has 4 heteroatoms. The molecule has 1 unspecified atom stereocenters. The van der Waals surface area contributed by atoms with Gasteiger partial charge in [0.25, 0.3) is 0 Å². The first-order valence-electron chi connectivity index (χ1n) is 7.24. The van der Waals surface area contributed by atoms with E-state index in [4.69, 9.17) is 4.74 Å². The van der Waals surface area contributed by atoms with E-state index in [1.165, 1.54) is 6.07 Å². The van der Waals surface area contributed by atoms with E-state index in [-0.39, 0.29) is 11.9 Å². The normalized spacial score (nSPS) is 12.2. The molecule has 2 rings (SSSR count). The molecule has 0 aliphatic rings. The maximum Gasteiger partial charge on any atom is 0.223 e. The maximum atomic E-state index is 13.6. The van der Waals surface area contributed by atoms with Crippen molar-refractivity contribution < 1.29 is 9.13 Å². The third-order valence-electron chi connectivity index (χ3n) is 3.33. The molecule has 0 spiro atoms. The number of hydrogen-bond donors (Lipinski definition) is 1. The van der Waals surface area contributed by atoms with E-state index < -0.39 is 0 Å². The van der Waals surface area contributed by atoms with E-state index in [0.717, 1.165) is 18.5 Å². The molecular weight excluding hydrogens is 267 g/mol. The first-order valence-corrected chi connectivity index (χ1v) is 7.24. The van der Waals surface area contributed by atoms with E-state index in [0.29, 0.717) is 17.2 Å². The molecule has 1 atom stereocenters. The number of aryl methyl sites for hydroxylation is 1. The van der Waals surface area contributed by atoms with Crippen LogP contribution in [0.5, 0.6) is 11.6 Å². The number of rotatable bonds is 6. The number of halogens is 1. The summed E-state index contributed by atoms with van der Waals surface area (Å²) < 4.78 is 19.4.